The number of likely N-dealkylation sites (N-methyl/N-ethyl adjacent to an activating group) is 1. The second-order valence-corrected chi connectivity index (χ2v) is 4.86. The molecule has 0 radical (unpaired) electrons. The lowest BCUT2D eigenvalue weighted by Crippen LogP contribution is -2.33. The third kappa shape index (κ3) is 3.34. The molecular formula is C11H14INO3. The number of phenolic OH excluding ortho intramolecular Hbond substituents is 1. The number of carbonyl (C=O) groups excluding carboxylic acids is 1. The SMILES string of the molecule is CC(O)CN(C)C(=O)c1ccc(I)c(O)c1. The summed E-state index contributed by atoms with van der Waals surface area (Å²) in [6, 6.07) is 4.77. The topological polar surface area (TPSA) is 60.8 Å². The highest BCUT2D eigenvalue weighted by atomic mass is 127. The zero-order valence-electron chi connectivity index (χ0n) is 9.14. The average molecular weight is 335 g/mol. The lowest BCUT2D eigenvalue weighted by Gasteiger charge is -2.18. The predicted molar refractivity (Wildman–Crippen MR) is 69.5 cm³/mol. The van der Waals surface area contributed by atoms with Crippen molar-refractivity contribution < 1.29 is 15.0 Å². The minimum atomic E-state index is -0.564. The Labute approximate surface area is 108 Å². The molecule has 0 aliphatic rings. The highest BCUT2D eigenvalue weighted by Gasteiger charge is 2.14. The Morgan fingerprint density at radius 1 is 1.56 bits per heavy atom. The van der Waals surface area contributed by atoms with Gasteiger partial charge in [0.25, 0.3) is 5.91 Å². The molecule has 1 aromatic carbocycles. The number of amides is 1. The van der Waals surface area contributed by atoms with Crippen molar-refractivity contribution in [1.29, 1.82) is 0 Å². The Balaban J connectivity index is 2.84. The molecule has 1 aromatic rings. The second-order valence-electron chi connectivity index (χ2n) is 3.70. The van der Waals surface area contributed by atoms with Crippen LogP contribution in [-0.2, 0) is 0 Å². The third-order valence-electron chi connectivity index (χ3n) is 2.08. The molecule has 0 bridgehead atoms. The van der Waals surface area contributed by atoms with Crippen LogP contribution < -0.4 is 0 Å². The molecule has 0 aromatic heterocycles. The summed E-state index contributed by atoms with van der Waals surface area (Å²) >= 11 is 1.99. The number of aliphatic hydroxyl groups excluding tert-OH is 1. The molecule has 4 nitrogen and oxygen atoms in total. The monoisotopic (exact) mass is 335 g/mol. The van der Waals surface area contributed by atoms with Crippen molar-refractivity contribution in [3.05, 3.63) is 27.3 Å². The number of hydrogen-bond donors (Lipinski definition) is 2. The van der Waals surface area contributed by atoms with E-state index in [0.29, 0.717) is 9.13 Å². The molecule has 16 heavy (non-hydrogen) atoms. The van der Waals surface area contributed by atoms with Crippen LogP contribution in [0.4, 0.5) is 0 Å². The zero-order chi connectivity index (χ0) is 12.3. The maximum atomic E-state index is 11.8. The number of halogens is 1. The van der Waals surface area contributed by atoms with Gasteiger partial charge in [0.15, 0.2) is 0 Å². The number of carbonyl (C=O) groups is 1. The smallest absolute Gasteiger partial charge is 0.253 e. The number of rotatable bonds is 3. The number of hydrogen-bond acceptors (Lipinski definition) is 3. The van der Waals surface area contributed by atoms with Crippen LogP contribution in [0.1, 0.15) is 17.3 Å². The highest BCUT2D eigenvalue weighted by Crippen LogP contribution is 2.21. The number of nitrogens with zero attached hydrogens (tertiary/aromatic N) is 1. The van der Waals surface area contributed by atoms with E-state index in [4.69, 9.17) is 0 Å². The van der Waals surface area contributed by atoms with Crippen molar-refractivity contribution in [3.63, 3.8) is 0 Å². The van der Waals surface area contributed by atoms with Crippen LogP contribution in [0.2, 0.25) is 0 Å². The van der Waals surface area contributed by atoms with E-state index in [1.54, 1.807) is 26.1 Å². The molecule has 1 rings (SSSR count). The minimum absolute atomic E-state index is 0.0943. The van der Waals surface area contributed by atoms with Gasteiger partial charge >= 0.3 is 0 Å². The van der Waals surface area contributed by atoms with E-state index in [-0.39, 0.29) is 18.2 Å². The predicted octanol–water partition coefficient (Wildman–Crippen LogP) is 1.45. The first-order valence-corrected chi connectivity index (χ1v) is 5.91. The largest absolute Gasteiger partial charge is 0.507 e. The molecule has 88 valence electrons. The van der Waals surface area contributed by atoms with Crippen LogP contribution in [-0.4, -0.2) is 40.7 Å². The van der Waals surface area contributed by atoms with E-state index in [2.05, 4.69) is 0 Å². The Bertz CT molecular complexity index is 393. The summed E-state index contributed by atoms with van der Waals surface area (Å²) in [5.74, 6) is -0.121. The van der Waals surface area contributed by atoms with Crippen molar-refractivity contribution in [3.8, 4) is 5.75 Å². The molecule has 0 aliphatic heterocycles. The molecule has 1 unspecified atom stereocenters. The average Bonchev–Trinajstić information content (AvgIpc) is 2.20. The Morgan fingerprint density at radius 3 is 2.69 bits per heavy atom. The summed E-state index contributed by atoms with van der Waals surface area (Å²) in [4.78, 5) is 13.3. The fourth-order valence-electron chi connectivity index (χ4n) is 1.35. The molecular weight excluding hydrogens is 321 g/mol. The fraction of sp³-hybridized carbons (Fsp3) is 0.364. The molecule has 2 N–H and O–H groups in total. The van der Waals surface area contributed by atoms with E-state index in [0.717, 1.165) is 0 Å². The highest BCUT2D eigenvalue weighted by molar-refractivity contribution is 14.1. The van der Waals surface area contributed by atoms with Gasteiger partial charge in [0, 0.05) is 19.2 Å². The maximum Gasteiger partial charge on any atom is 0.253 e. The van der Waals surface area contributed by atoms with Gasteiger partial charge in [0.05, 0.1) is 9.67 Å². The maximum absolute atomic E-state index is 11.8. The Hall–Kier alpha value is -0.820. The summed E-state index contributed by atoms with van der Waals surface area (Å²) in [6.45, 7) is 1.89. The van der Waals surface area contributed by atoms with Crippen LogP contribution >= 0.6 is 22.6 Å². The van der Waals surface area contributed by atoms with Gasteiger partial charge in [-0.25, -0.2) is 0 Å². The van der Waals surface area contributed by atoms with Crippen molar-refractivity contribution in [2.75, 3.05) is 13.6 Å². The third-order valence-corrected chi connectivity index (χ3v) is 2.99. The van der Waals surface area contributed by atoms with Gasteiger partial charge in [-0.3, -0.25) is 4.79 Å². The van der Waals surface area contributed by atoms with Gasteiger partial charge in [-0.2, -0.15) is 0 Å². The molecule has 0 heterocycles. The van der Waals surface area contributed by atoms with Crippen LogP contribution in [0, 0.1) is 3.57 Å². The number of aliphatic hydroxyl groups is 1. The van der Waals surface area contributed by atoms with Gasteiger partial charge in [0.2, 0.25) is 0 Å². The van der Waals surface area contributed by atoms with Gasteiger partial charge in [0.1, 0.15) is 5.75 Å². The van der Waals surface area contributed by atoms with Crippen LogP contribution in [0.3, 0.4) is 0 Å². The van der Waals surface area contributed by atoms with E-state index < -0.39 is 6.10 Å². The summed E-state index contributed by atoms with van der Waals surface area (Å²) < 4.78 is 0.701. The molecule has 0 spiro atoms. The molecule has 0 saturated carbocycles. The first-order valence-electron chi connectivity index (χ1n) is 4.84. The lowest BCUT2D eigenvalue weighted by molar-refractivity contribution is 0.0703. The number of benzene rings is 1. The van der Waals surface area contributed by atoms with Crippen molar-refractivity contribution in [2.24, 2.45) is 0 Å². The summed E-state index contributed by atoms with van der Waals surface area (Å²) in [7, 11) is 1.62. The molecule has 5 heteroatoms. The molecule has 1 amide bonds. The Morgan fingerprint density at radius 2 is 2.19 bits per heavy atom. The van der Waals surface area contributed by atoms with Gasteiger partial charge < -0.3 is 15.1 Å². The number of aromatic hydroxyl groups is 1. The van der Waals surface area contributed by atoms with Gasteiger partial charge in [-0.15, -0.1) is 0 Å². The summed E-state index contributed by atoms with van der Waals surface area (Å²) in [5, 5.41) is 18.7. The first-order chi connectivity index (χ1) is 7.41. The normalized spacial score (nSPS) is 12.2. The first kappa shape index (κ1) is 13.2. The van der Waals surface area contributed by atoms with Crippen molar-refractivity contribution in [1.82, 2.24) is 4.90 Å². The standard InChI is InChI=1S/C11H14INO3/c1-7(14)6-13(2)11(16)8-3-4-9(12)10(15)5-8/h3-5,7,14-15H,6H2,1-2H3. The fourth-order valence-corrected chi connectivity index (χ4v) is 1.68. The summed E-state index contributed by atoms with van der Waals surface area (Å²) in [5.41, 5.74) is 0.418. The second kappa shape index (κ2) is 5.49. The van der Waals surface area contributed by atoms with E-state index in [1.165, 1.54) is 11.0 Å². The Kier molecular flexibility index (Phi) is 4.55. The molecule has 0 aliphatic carbocycles. The van der Waals surface area contributed by atoms with Crippen LogP contribution in [0.25, 0.3) is 0 Å². The molecule has 0 fully saturated rings. The van der Waals surface area contributed by atoms with Crippen LogP contribution in [0.5, 0.6) is 5.75 Å². The summed E-state index contributed by atoms with van der Waals surface area (Å²) in [6.07, 6.45) is -0.564. The molecule has 0 saturated heterocycles. The number of phenols is 1. The van der Waals surface area contributed by atoms with Crippen molar-refractivity contribution in [2.45, 2.75) is 13.0 Å². The van der Waals surface area contributed by atoms with E-state index in [9.17, 15) is 15.0 Å². The van der Waals surface area contributed by atoms with Crippen LogP contribution in [0.15, 0.2) is 18.2 Å². The van der Waals surface area contributed by atoms with E-state index in [1.807, 2.05) is 22.6 Å². The van der Waals surface area contributed by atoms with Gasteiger partial charge in [-0.05, 0) is 47.7 Å². The van der Waals surface area contributed by atoms with Gasteiger partial charge in [-0.1, -0.05) is 0 Å². The quantitative estimate of drug-likeness (QED) is 0.822. The zero-order valence-corrected chi connectivity index (χ0v) is 11.3. The van der Waals surface area contributed by atoms with Crippen molar-refractivity contribution >= 4 is 28.5 Å². The van der Waals surface area contributed by atoms with E-state index >= 15 is 0 Å². The molecule has 1 atom stereocenters. The minimum Gasteiger partial charge on any atom is -0.507 e. The lowest BCUT2D eigenvalue weighted by atomic mass is 10.2.